The molecule has 0 saturated carbocycles. The summed E-state index contributed by atoms with van der Waals surface area (Å²) in [5.74, 6) is -0.230. The molecule has 31 heavy (non-hydrogen) atoms. The lowest BCUT2D eigenvalue weighted by atomic mass is 10.2. The number of halogens is 1. The Hall–Kier alpha value is -1.45. The Bertz CT molecular complexity index is 914. The van der Waals surface area contributed by atoms with Crippen LogP contribution < -0.4 is 10.0 Å². The molecule has 0 aliphatic heterocycles. The van der Waals surface area contributed by atoms with Gasteiger partial charge in [-0.15, -0.1) is 11.3 Å². The van der Waals surface area contributed by atoms with E-state index < -0.39 is 10.0 Å². The van der Waals surface area contributed by atoms with Crippen molar-refractivity contribution in [2.24, 2.45) is 0 Å². The highest BCUT2D eigenvalue weighted by atomic mass is 35.5. The molecule has 1 amide bonds. The van der Waals surface area contributed by atoms with E-state index >= 15 is 0 Å². The number of rotatable bonds is 14. The number of thiophene rings is 1. The molecular weight excluding hydrogens is 454 g/mol. The molecule has 1 heterocycles. The molecule has 0 unspecified atom stereocenters. The van der Waals surface area contributed by atoms with Gasteiger partial charge in [-0.25, -0.2) is 13.1 Å². The maximum absolute atomic E-state index is 12.5. The number of nitrogens with zero attached hydrogens (tertiary/aromatic N) is 1. The van der Waals surface area contributed by atoms with Gasteiger partial charge in [0.15, 0.2) is 0 Å². The first-order valence-corrected chi connectivity index (χ1v) is 13.3. The highest BCUT2D eigenvalue weighted by Crippen LogP contribution is 2.21. The maximum Gasteiger partial charge on any atom is 0.251 e. The van der Waals surface area contributed by atoms with Crippen LogP contribution >= 0.6 is 22.9 Å². The van der Waals surface area contributed by atoms with Crippen LogP contribution in [0.1, 0.15) is 54.3 Å². The number of hydrogen-bond acceptors (Lipinski definition) is 5. The summed E-state index contributed by atoms with van der Waals surface area (Å²) in [5.41, 5.74) is 0.505. The van der Waals surface area contributed by atoms with Gasteiger partial charge >= 0.3 is 0 Å². The van der Waals surface area contributed by atoms with Gasteiger partial charge in [-0.1, -0.05) is 37.8 Å². The average molecular weight is 486 g/mol. The Morgan fingerprint density at radius 3 is 2.45 bits per heavy atom. The number of sulfonamides is 1. The van der Waals surface area contributed by atoms with Crippen LogP contribution in [0.5, 0.6) is 0 Å². The molecule has 172 valence electrons. The number of benzene rings is 1. The molecule has 6 nitrogen and oxygen atoms in total. The van der Waals surface area contributed by atoms with Crippen molar-refractivity contribution >= 4 is 38.9 Å². The molecule has 1 aromatic carbocycles. The number of nitrogens with one attached hydrogen (secondary N) is 2. The van der Waals surface area contributed by atoms with Crippen molar-refractivity contribution in [1.82, 2.24) is 14.9 Å². The molecule has 0 aliphatic rings. The van der Waals surface area contributed by atoms with Gasteiger partial charge in [0.1, 0.15) is 4.21 Å². The average Bonchev–Trinajstić information content (AvgIpc) is 3.23. The lowest BCUT2D eigenvalue weighted by Gasteiger charge is -2.16. The third-order valence-corrected chi connectivity index (χ3v) is 8.12. The Labute approximate surface area is 195 Å². The van der Waals surface area contributed by atoms with Crippen LogP contribution in [-0.2, 0) is 16.6 Å². The zero-order chi connectivity index (χ0) is 22.7. The largest absolute Gasteiger partial charge is 0.347 e. The highest BCUT2D eigenvalue weighted by Gasteiger charge is 2.16. The van der Waals surface area contributed by atoms with E-state index in [0.29, 0.717) is 17.1 Å². The standard InChI is InChI=1S/C22H32ClN3O3S2/c1-3-4-5-6-15-26(2)16-7-14-25-31(28,29)21-13-12-20(30-21)17-24-22(27)18-8-10-19(23)11-9-18/h8-13,25H,3-7,14-17H2,1-2H3,(H,24,27). The molecule has 0 fully saturated rings. The summed E-state index contributed by atoms with van der Waals surface area (Å²) >= 11 is 6.99. The van der Waals surface area contributed by atoms with Crippen LogP contribution in [0, 0.1) is 0 Å². The molecule has 2 N–H and O–H groups in total. The van der Waals surface area contributed by atoms with Crippen molar-refractivity contribution in [2.45, 2.75) is 49.8 Å². The molecule has 9 heteroatoms. The quantitative estimate of drug-likeness (QED) is 0.386. The van der Waals surface area contributed by atoms with Gasteiger partial charge in [-0.3, -0.25) is 4.79 Å². The normalized spacial score (nSPS) is 11.7. The van der Waals surface area contributed by atoms with Gasteiger partial charge < -0.3 is 10.2 Å². The topological polar surface area (TPSA) is 78.5 Å². The van der Waals surface area contributed by atoms with Crippen LogP contribution in [0.15, 0.2) is 40.6 Å². The lowest BCUT2D eigenvalue weighted by Crippen LogP contribution is -2.28. The second kappa shape index (κ2) is 13.2. The van der Waals surface area contributed by atoms with E-state index in [1.807, 2.05) is 0 Å². The van der Waals surface area contributed by atoms with Gasteiger partial charge in [0.25, 0.3) is 5.91 Å². The van der Waals surface area contributed by atoms with E-state index in [0.717, 1.165) is 35.7 Å². The number of carbonyl (C=O) groups excluding carboxylic acids is 1. The minimum Gasteiger partial charge on any atom is -0.347 e. The van der Waals surface area contributed by atoms with E-state index in [-0.39, 0.29) is 16.7 Å². The van der Waals surface area contributed by atoms with E-state index in [4.69, 9.17) is 11.6 Å². The molecule has 0 bridgehead atoms. The van der Waals surface area contributed by atoms with Crippen LogP contribution in [0.2, 0.25) is 5.02 Å². The monoisotopic (exact) mass is 485 g/mol. The molecule has 0 radical (unpaired) electrons. The summed E-state index contributed by atoms with van der Waals surface area (Å²) in [5, 5.41) is 3.36. The van der Waals surface area contributed by atoms with E-state index in [9.17, 15) is 13.2 Å². The Kier molecular flexibility index (Phi) is 11.0. The zero-order valence-corrected chi connectivity index (χ0v) is 20.6. The zero-order valence-electron chi connectivity index (χ0n) is 18.2. The molecule has 0 spiro atoms. The molecule has 1 aromatic heterocycles. The van der Waals surface area contributed by atoms with Gasteiger partial charge in [0.2, 0.25) is 10.0 Å². The SMILES string of the molecule is CCCCCCN(C)CCCNS(=O)(=O)c1ccc(CNC(=O)c2ccc(Cl)cc2)s1. The van der Waals surface area contributed by atoms with Gasteiger partial charge in [-0.05, 0) is 69.4 Å². The van der Waals surface area contributed by atoms with Crippen LogP contribution in [-0.4, -0.2) is 45.9 Å². The van der Waals surface area contributed by atoms with Crippen molar-refractivity contribution < 1.29 is 13.2 Å². The smallest absolute Gasteiger partial charge is 0.251 e. The number of amides is 1. The van der Waals surface area contributed by atoms with Gasteiger partial charge in [0.05, 0.1) is 6.54 Å². The number of carbonyl (C=O) groups is 1. The van der Waals surface area contributed by atoms with Crippen molar-refractivity contribution in [3.05, 3.63) is 51.9 Å². The molecule has 0 saturated heterocycles. The molecular formula is C22H32ClN3O3S2. The Balaban J connectivity index is 1.73. The molecule has 2 aromatic rings. The Morgan fingerprint density at radius 2 is 1.74 bits per heavy atom. The summed E-state index contributed by atoms with van der Waals surface area (Å²) in [6.07, 6.45) is 5.68. The van der Waals surface area contributed by atoms with Crippen LogP contribution in [0.25, 0.3) is 0 Å². The van der Waals surface area contributed by atoms with Crippen molar-refractivity contribution in [3.8, 4) is 0 Å². The molecule has 0 aliphatic carbocycles. The van der Waals surface area contributed by atoms with Crippen LogP contribution in [0.4, 0.5) is 0 Å². The van der Waals surface area contributed by atoms with E-state index in [2.05, 4.69) is 28.9 Å². The highest BCUT2D eigenvalue weighted by molar-refractivity contribution is 7.91. The summed E-state index contributed by atoms with van der Waals surface area (Å²) in [6.45, 7) is 4.78. The minimum atomic E-state index is -3.53. The molecule has 0 atom stereocenters. The summed E-state index contributed by atoms with van der Waals surface area (Å²) < 4.78 is 28.0. The maximum atomic E-state index is 12.5. The summed E-state index contributed by atoms with van der Waals surface area (Å²) in [7, 11) is -1.46. The third-order valence-electron chi connectivity index (χ3n) is 4.83. The number of unbranched alkanes of at least 4 members (excludes halogenated alkanes) is 3. The first kappa shape index (κ1) is 25.8. The predicted molar refractivity (Wildman–Crippen MR) is 128 cm³/mol. The van der Waals surface area contributed by atoms with Gasteiger partial charge in [0, 0.05) is 22.0 Å². The second-order valence-electron chi connectivity index (χ2n) is 7.53. The first-order chi connectivity index (χ1) is 14.8. The predicted octanol–water partition coefficient (Wildman–Crippen LogP) is 4.51. The van der Waals surface area contributed by atoms with Crippen molar-refractivity contribution in [1.29, 1.82) is 0 Å². The summed E-state index contributed by atoms with van der Waals surface area (Å²) in [6, 6.07) is 9.91. The van der Waals surface area contributed by atoms with E-state index in [1.165, 1.54) is 25.7 Å². The third kappa shape index (κ3) is 9.29. The second-order valence-corrected chi connectivity index (χ2v) is 11.1. The fourth-order valence-electron chi connectivity index (χ4n) is 3.02. The number of hydrogen-bond donors (Lipinski definition) is 2. The summed E-state index contributed by atoms with van der Waals surface area (Å²) in [4.78, 5) is 15.2. The van der Waals surface area contributed by atoms with E-state index in [1.54, 1.807) is 36.4 Å². The fraction of sp³-hybridized carbons (Fsp3) is 0.500. The van der Waals surface area contributed by atoms with Crippen LogP contribution in [0.3, 0.4) is 0 Å². The molecule has 2 rings (SSSR count). The van der Waals surface area contributed by atoms with Crippen molar-refractivity contribution in [3.63, 3.8) is 0 Å². The minimum absolute atomic E-state index is 0.230. The first-order valence-electron chi connectivity index (χ1n) is 10.6. The van der Waals surface area contributed by atoms with Crippen molar-refractivity contribution in [2.75, 3.05) is 26.7 Å². The fourth-order valence-corrected chi connectivity index (χ4v) is 5.56. The lowest BCUT2D eigenvalue weighted by molar-refractivity contribution is 0.0951. The van der Waals surface area contributed by atoms with Gasteiger partial charge in [-0.2, -0.15) is 0 Å². The Morgan fingerprint density at radius 1 is 1.03 bits per heavy atom.